The van der Waals surface area contributed by atoms with Crippen LogP contribution in [-0.2, 0) is 13.2 Å². The molecule has 1 heterocycles. The lowest BCUT2D eigenvalue weighted by Crippen LogP contribution is -2.05. The van der Waals surface area contributed by atoms with Crippen molar-refractivity contribution in [2.75, 3.05) is 0 Å². The van der Waals surface area contributed by atoms with Gasteiger partial charge in [-0.25, -0.2) is 0 Å². The molecule has 0 N–H and O–H groups in total. The van der Waals surface area contributed by atoms with Crippen LogP contribution in [0.2, 0.25) is 0 Å². The van der Waals surface area contributed by atoms with E-state index in [9.17, 15) is 0 Å². The maximum absolute atomic E-state index is 8.88. The lowest BCUT2D eigenvalue weighted by molar-refractivity contribution is 0.290. The van der Waals surface area contributed by atoms with E-state index in [1.54, 1.807) is 42.6 Å². The Kier molecular flexibility index (Phi) is 10.3. The van der Waals surface area contributed by atoms with Crippen LogP contribution in [-0.4, -0.2) is 4.98 Å². The number of ether oxygens (including phenoxy) is 2. The molecule has 5 heteroatoms. The third kappa shape index (κ3) is 6.87. The molecule has 5 nitrogen and oxygen atoms in total. The fourth-order valence-corrected chi connectivity index (χ4v) is 2.72. The molecule has 0 aliphatic rings. The van der Waals surface area contributed by atoms with E-state index in [1.807, 2.05) is 39.8 Å². The fraction of sp³-hybridized carbons (Fsp3) is 0.269. The molecule has 0 amide bonds. The standard InChI is InChI=1S/C23H19N3O2.C2H6.CH4/c1-16-21(15-27-22-9-7-19(12-25)8-10-22)13-26-17(2)23(16)28-14-20-5-3-18(11-24)4-6-20;1-2;/h3-10,13H,14-15H2,1-2H3;1-2H3;1H4. The van der Waals surface area contributed by atoms with E-state index in [-0.39, 0.29) is 7.43 Å². The summed E-state index contributed by atoms with van der Waals surface area (Å²) in [4.78, 5) is 4.43. The molecule has 3 aromatic rings. The Labute approximate surface area is 185 Å². The number of hydrogen-bond acceptors (Lipinski definition) is 5. The minimum absolute atomic E-state index is 0. The highest BCUT2D eigenvalue weighted by Crippen LogP contribution is 2.26. The minimum atomic E-state index is 0. The monoisotopic (exact) mass is 415 g/mol. The summed E-state index contributed by atoms with van der Waals surface area (Å²) >= 11 is 0. The molecule has 0 spiro atoms. The molecule has 0 fully saturated rings. The molecule has 3 rings (SSSR count). The lowest BCUT2D eigenvalue weighted by atomic mass is 10.1. The van der Waals surface area contributed by atoms with E-state index in [1.165, 1.54) is 0 Å². The van der Waals surface area contributed by atoms with Gasteiger partial charge in [-0.15, -0.1) is 0 Å². The molecular formula is C26H29N3O2. The van der Waals surface area contributed by atoms with Crippen molar-refractivity contribution in [3.05, 3.63) is 88.2 Å². The Bertz CT molecular complexity index is 1040. The summed E-state index contributed by atoms with van der Waals surface area (Å²) in [6, 6.07) is 18.5. The average molecular weight is 416 g/mol. The summed E-state index contributed by atoms with van der Waals surface area (Å²) in [6.07, 6.45) is 1.79. The lowest BCUT2D eigenvalue weighted by Gasteiger charge is -2.15. The Morgan fingerprint density at radius 2 is 1.35 bits per heavy atom. The number of pyridine rings is 1. The van der Waals surface area contributed by atoms with Crippen LogP contribution in [0.4, 0.5) is 0 Å². The molecule has 0 bridgehead atoms. The fourth-order valence-electron chi connectivity index (χ4n) is 2.72. The Morgan fingerprint density at radius 3 is 1.90 bits per heavy atom. The number of hydrogen-bond donors (Lipinski definition) is 0. The van der Waals surface area contributed by atoms with Crippen LogP contribution in [0, 0.1) is 36.5 Å². The van der Waals surface area contributed by atoms with E-state index in [2.05, 4.69) is 17.1 Å². The Morgan fingerprint density at radius 1 is 0.806 bits per heavy atom. The van der Waals surface area contributed by atoms with Crippen LogP contribution in [0.1, 0.15) is 54.8 Å². The highest BCUT2D eigenvalue weighted by molar-refractivity contribution is 5.41. The first-order valence-corrected chi connectivity index (χ1v) is 9.80. The van der Waals surface area contributed by atoms with Gasteiger partial charge < -0.3 is 9.47 Å². The summed E-state index contributed by atoms with van der Waals surface area (Å²) in [7, 11) is 0. The van der Waals surface area contributed by atoms with Crippen LogP contribution in [0.25, 0.3) is 0 Å². The maximum atomic E-state index is 8.88. The van der Waals surface area contributed by atoms with Crippen LogP contribution >= 0.6 is 0 Å². The molecule has 0 atom stereocenters. The molecule has 0 radical (unpaired) electrons. The number of benzene rings is 2. The molecule has 0 unspecified atom stereocenters. The van der Waals surface area contributed by atoms with Gasteiger partial charge in [0.05, 0.1) is 29.0 Å². The Hall–Kier alpha value is -3.83. The summed E-state index contributed by atoms with van der Waals surface area (Å²) in [5.74, 6) is 1.43. The van der Waals surface area contributed by atoms with Crippen molar-refractivity contribution in [2.45, 2.75) is 48.3 Å². The molecule has 0 saturated heterocycles. The van der Waals surface area contributed by atoms with Crippen LogP contribution in [0.15, 0.2) is 54.7 Å². The summed E-state index contributed by atoms with van der Waals surface area (Å²) in [6.45, 7) is 8.65. The van der Waals surface area contributed by atoms with Crippen LogP contribution in [0.3, 0.4) is 0 Å². The molecule has 1 aromatic heterocycles. The average Bonchev–Trinajstić information content (AvgIpc) is 2.80. The van der Waals surface area contributed by atoms with Gasteiger partial charge in [-0.2, -0.15) is 10.5 Å². The number of nitriles is 2. The first-order chi connectivity index (χ1) is 14.6. The SMILES string of the molecule is C.CC.Cc1ncc(COc2ccc(C#N)cc2)c(C)c1OCc1ccc(C#N)cc1. The van der Waals surface area contributed by atoms with Crippen molar-refractivity contribution in [1.82, 2.24) is 4.98 Å². The van der Waals surface area contributed by atoms with Gasteiger partial charge in [0, 0.05) is 17.3 Å². The highest BCUT2D eigenvalue weighted by atomic mass is 16.5. The molecule has 0 aliphatic heterocycles. The highest BCUT2D eigenvalue weighted by Gasteiger charge is 2.11. The van der Waals surface area contributed by atoms with Gasteiger partial charge in [0.15, 0.2) is 0 Å². The number of rotatable bonds is 6. The summed E-state index contributed by atoms with van der Waals surface area (Å²) in [5.41, 5.74) is 4.93. The smallest absolute Gasteiger partial charge is 0.144 e. The van der Waals surface area contributed by atoms with Crippen LogP contribution in [0.5, 0.6) is 11.5 Å². The van der Waals surface area contributed by atoms with Gasteiger partial charge in [0.25, 0.3) is 0 Å². The topological polar surface area (TPSA) is 78.9 Å². The molecule has 160 valence electrons. The third-order valence-corrected chi connectivity index (χ3v) is 4.41. The normalized spacial score (nSPS) is 9.23. The Balaban J connectivity index is 0.00000156. The predicted octanol–water partition coefficient (Wildman–Crippen LogP) is 6.26. The molecule has 0 aliphatic carbocycles. The zero-order valence-corrected chi connectivity index (χ0v) is 17.8. The third-order valence-electron chi connectivity index (χ3n) is 4.41. The molecule has 31 heavy (non-hydrogen) atoms. The number of aryl methyl sites for hydroxylation is 1. The second-order valence-electron chi connectivity index (χ2n) is 6.35. The molecular weight excluding hydrogens is 386 g/mol. The van der Waals surface area contributed by atoms with Gasteiger partial charge in [-0.1, -0.05) is 33.4 Å². The van der Waals surface area contributed by atoms with Gasteiger partial charge in [-0.3, -0.25) is 4.98 Å². The van der Waals surface area contributed by atoms with Crippen molar-refractivity contribution in [3.8, 4) is 23.6 Å². The molecule has 2 aromatic carbocycles. The maximum Gasteiger partial charge on any atom is 0.144 e. The van der Waals surface area contributed by atoms with Crippen molar-refractivity contribution in [1.29, 1.82) is 10.5 Å². The van der Waals surface area contributed by atoms with Gasteiger partial charge in [0.2, 0.25) is 0 Å². The van der Waals surface area contributed by atoms with E-state index in [0.29, 0.717) is 30.1 Å². The summed E-state index contributed by atoms with van der Waals surface area (Å²) in [5, 5.41) is 17.7. The van der Waals surface area contributed by atoms with E-state index in [0.717, 1.165) is 28.1 Å². The second-order valence-corrected chi connectivity index (χ2v) is 6.35. The van der Waals surface area contributed by atoms with Crippen molar-refractivity contribution in [3.63, 3.8) is 0 Å². The van der Waals surface area contributed by atoms with E-state index >= 15 is 0 Å². The predicted molar refractivity (Wildman–Crippen MR) is 123 cm³/mol. The van der Waals surface area contributed by atoms with Crippen molar-refractivity contribution in [2.24, 2.45) is 0 Å². The summed E-state index contributed by atoms with van der Waals surface area (Å²) < 4.78 is 11.8. The quantitative estimate of drug-likeness (QED) is 0.474. The number of aromatic nitrogens is 1. The first kappa shape index (κ1) is 25.2. The van der Waals surface area contributed by atoms with Crippen molar-refractivity contribution < 1.29 is 9.47 Å². The zero-order valence-electron chi connectivity index (χ0n) is 17.8. The first-order valence-electron chi connectivity index (χ1n) is 9.80. The van der Waals surface area contributed by atoms with Gasteiger partial charge in [0.1, 0.15) is 24.7 Å². The zero-order chi connectivity index (χ0) is 21.9. The van der Waals surface area contributed by atoms with Crippen molar-refractivity contribution >= 4 is 0 Å². The largest absolute Gasteiger partial charge is 0.489 e. The number of nitrogens with zero attached hydrogens (tertiary/aromatic N) is 3. The molecule has 0 saturated carbocycles. The second kappa shape index (κ2) is 12.7. The van der Waals surface area contributed by atoms with Gasteiger partial charge >= 0.3 is 0 Å². The van der Waals surface area contributed by atoms with E-state index in [4.69, 9.17) is 20.0 Å². The minimum Gasteiger partial charge on any atom is -0.489 e. The van der Waals surface area contributed by atoms with Crippen LogP contribution < -0.4 is 9.47 Å². The van der Waals surface area contributed by atoms with E-state index < -0.39 is 0 Å². The van der Waals surface area contributed by atoms with Gasteiger partial charge in [-0.05, 0) is 55.8 Å².